The molecule has 19 heavy (non-hydrogen) atoms. The van der Waals surface area contributed by atoms with Gasteiger partial charge in [-0.25, -0.2) is 9.97 Å². The van der Waals surface area contributed by atoms with Crippen LogP contribution in [0, 0.1) is 5.41 Å². The third-order valence-corrected chi connectivity index (χ3v) is 2.57. The van der Waals surface area contributed by atoms with Crippen molar-refractivity contribution in [2.24, 2.45) is 5.73 Å². The summed E-state index contributed by atoms with van der Waals surface area (Å²) in [6, 6.07) is 7.18. The first-order valence-electron chi connectivity index (χ1n) is 5.66. The third kappa shape index (κ3) is 2.74. The molecule has 0 fully saturated rings. The molecule has 3 N–H and O–H groups in total. The van der Waals surface area contributed by atoms with Gasteiger partial charge in [0, 0.05) is 31.9 Å². The van der Waals surface area contributed by atoms with E-state index in [2.05, 4.69) is 15.0 Å². The molecule has 0 unspecified atom stereocenters. The molecule has 0 aliphatic carbocycles. The molecule has 2 aromatic heterocycles. The maximum atomic E-state index is 7.51. The van der Waals surface area contributed by atoms with Crippen molar-refractivity contribution in [2.75, 3.05) is 11.9 Å². The number of pyridine rings is 1. The van der Waals surface area contributed by atoms with Gasteiger partial charge in [0.15, 0.2) is 0 Å². The molecule has 0 atom stereocenters. The second kappa shape index (κ2) is 5.72. The Morgan fingerprint density at radius 2 is 1.84 bits per heavy atom. The molecule has 0 radical (unpaired) electrons. The minimum atomic E-state index is 0.375. The molecule has 0 spiro atoms. The van der Waals surface area contributed by atoms with E-state index in [1.54, 1.807) is 42.7 Å². The van der Waals surface area contributed by atoms with Gasteiger partial charge in [-0.2, -0.15) is 0 Å². The average molecular weight is 254 g/mol. The number of nitrogens with one attached hydrogen (secondary N) is 1. The summed E-state index contributed by atoms with van der Waals surface area (Å²) in [6.07, 6.45) is 6.11. The summed E-state index contributed by atoms with van der Waals surface area (Å²) in [5, 5.41) is 7.51. The first-order valence-corrected chi connectivity index (χ1v) is 5.66. The Hall–Kier alpha value is -2.76. The van der Waals surface area contributed by atoms with Crippen LogP contribution in [-0.2, 0) is 0 Å². The monoisotopic (exact) mass is 254 g/mol. The zero-order valence-electron chi connectivity index (χ0n) is 10.5. The molecule has 2 heterocycles. The molecule has 96 valence electrons. The Bertz CT molecular complexity index is 579. The predicted octanol–water partition coefficient (Wildman–Crippen LogP) is 1.28. The third-order valence-electron chi connectivity index (χ3n) is 2.57. The van der Waals surface area contributed by atoms with Gasteiger partial charge >= 0.3 is 0 Å². The lowest BCUT2D eigenvalue weighted by atomic mass is 10.2. The summed E-state index contributed by atoms with van der Waals surface area (Å²) in [5.41, 5.74) is 7.23. The van der Waals surface area contributed by atoms with Crippen LogP contribution in [0.3, 0.4) is 0 Å². The summed E-state index contributed by atoms with van der Waals surface area (Å²) in [5.74, 6) is 0.843. The van der Waals surface area contributed by atoms with Crippen LogP contribution in [0.25, 0.3) is 5.57 Å². The minimum Gasteiger partial charge on any atom is -0.384 e. The zero-order valence-corrected chi connectivity index (χ0v) is 10.5. The molecule has 6 heteroatoms. The number of hydrogen-bond donors (Lipinski definition) is 2. The van der Waals surface area contributed by atoms with Crippen LogP contribution in [0.5, 0.6) is 0 Å². The molecule has 0 aromatic carbocycles. The van der Waals surface area contributed by atoms with Crippen molar-refractivity contribution >= 4 is 17.7 Å². The number of allylic oxidation sites excluding steroid dienone is 1. The number of hydrogen-bond acceptors (Lipinski definition) is 6. The highest BCUT2D eigenvalue weighted by Crippen LogP contribution is 2.16. The number of nitrogens with two attached hydrogens (primary N) is 1. The van der Waals surface area contributed by atoms with Gasteiger partial charge in [0.1, 0.15) is 5.82 Å². The van der Waals surface area contributed by atoms with Crippen LogP contribution < -0.4 is 10.6 Å². The first-order chi connectivity index (χ1) is 9.24. The van der Waals surface area contributed by atoms with E-state index in [-0.39, 0.29) is 0 Å². The molecule has 0 saturated heterocycles. The Balaban J connectivity index is 2.42. The van der Waals surface area contributed by atoms with Crippen LogP contribution in [0.2, 0.25) is 0 Å². The summed E-state index contributed by atoms with van der Waals surface area (Å²) in [7, 11) is 1.75. The fraction of sp³-hybridized carbons (Fsp3) is 0.0769. The molecule has 0 aliphatic rings. The van der Waals surface area contributed by atoms with Crippen molar-refractivity contribution in [2.45, 2.75) is 0 Å². The largest absolute Gasteiger partial charge is 0.384 e. The van der Waals surface area contributed by atoms with E-state index in [4.69, 9.17) is 11.1 Å². The number of aromatic nitrogens is 3. The fourth-order valence-corrected chi connectivity index (χ4v) is 1.55. The molecule has 6 nitrogen and oxygen atoms in total. The van der Waals surface area contributed by atoms with Gasteiger partial charge in [0.25, 0.3) is 0 Å². The molecule has 2 rings (SSSR count). The number of nitrogens with zero attached hydrogens (tertiary/aromatic N) is 4. The molecule has 0 amide bonds. The van der Waals surface area contributed by atoms with Gasteiger partial charge in [0.05, 0.1) is 11.3 Å². The van der Waals surface area contributed by atoms with Gasteiger partial charge in [0.2, 0.25) is 5.95 Å². The van der Waals surface area contributed by atoms with Gasteiger partial charge < -0.3 is 11.1 Å². The standard InChI is InChI=1S/C13H14N6/c1-19(13-17-7-4-8-18-13)12(15)10(9-14)11-5-2-3-6-16-11/h2-9,14H,15H2,1H3/b12-10+,14-9?. The summed E-state index contributed by atoms with van der Waals surface area (Å²) >= 11 is 0. The fourth-order valence-electron chi connectivity index (χ4n) is 1.55. The van der Waals surface area contributed by atoms with Crippen molar-refractivity contribution in [3.05, 3.63) is 54.4 Å². The van der Waals surface area contributed by atoms with Crippen molar-refractivity contribution in [1.82, 2.24) is 15.0 Å². The number of rotatable bonds is 4. The average Bonchev–Trinajstić information content (AvgIpc) is 2.49. The second-order valence-electron chi connectivity index (χ2n) is 3.77. The SMILES string of the molecule is CN(/C(N)=C(\C=N)c1ccccn1)c1ncccn1. The Labute approximate surface area is 111 Å². The molecule has 0 saturated carbocycles. The highest BCUT2D eigenvalue weighted by molar-refractivity contribution is 6.09. The predicted molar refractivity (Wildman–Crippen MR) is 74.6 cm³/mol. The summed E-state index contributed by atoms with van der Waals surface area (Å²) < 4.78 is 0. The lowest BCUT2D eigenvalue weighted by Crippen LogP contribution is -2.26. The topological polar surface area (TPSA) is 91.8 Å². The van der Waals surface area contributed by atoms with Crippen molar-refractivity contribution < 1.29 is 0 Å². The van der Waals surface area contributed by atoms with Gasteiger partial charge in [-0.05, 0) is 18.2 Å². The lowest BCUT2D eigenvalue weighted by molar-refractivity contribution is 0.972. The van der Waals surface area contributed by atoms with Crippen LogP contribution in [0.4, 0.5) is 5.95 Å². The Morgan fingerprint density at radius 3 is 2.42 bits per heavy atom. The van der Waals surface area contributed by atoms with Crippen molar-refractivity contribution in [3.8, 4) is 0 Å². The normalized spacial score (nSPS) is 11.6. The maximum Gasteiger partial charge on any atom is 0.230 e. The molecule has 0 aliphatic heterocycles. The lowest BCUT2D eigenvalue weighted by Gasteiger charge is -2.19. The van der Waals surface area contributed by atoms with E-state index in [1.807, 2.05) is 12.1 Å². The second-order valence-corrected chi connectivity index (χ2v) is 3.77. The summed E-state index contributed by atoms with van der Waals surface area (Å²) in [4.78, 5) is 14.0. The number of anilines is 1. The van der Waals surface area contributed by atoms with E-state index < -0.39 is 0 Å². The van der Waals surface area contributed by atoms with Crippen LogP contribution in [-0.4, -0.2) is 28.2 Å². The summed E-state index contributed by atoms with van der Waals surface area (Å²) in [6.45, 7) is 0. The van der Waals surface area contributed by atoms with Gasteiger partial charge in [-0.3, -0.25) is 9.88 Å². The highest BCUT2D eigenvalue weighted by atomic mass is 15.3. The zero-order chi connectivity index (χ0) is 13.7. The van der Waals surface area contributed by atoms with E-state index >= 15 is 0 Å². The smallest absolute Gasteiger partial charge is 0.230 e. The Morgan fingerprint density at radius 1 is 1.16 bits per heavy atom. The maximum absolute atomic E-state index is 7.51. The van der Waals surface area contributed by atoms with Crippen LogP contribution in [0.15, 0.2) is 48.7 Å². The van der Waals surface area contributed by atoms with Gasteiger partial charge in [-0.1, -0.05) is 6.07 Å². The van der Waals surface area contributed by atoms with E-state index in [0.29, 0.717) is 23.0 Å². The Kier molecular flexibility index (Phi) is 3.82. The molecule has 2 aromatic rings. The van der Waals surface area contributed by atoms with E-state index in [9.17, 15) is 0 Å². The van der Waals surface area contributed by atoms with Crippen LogP contribution >= 0.6 is 0 Å². The molecule has 0 bridgehead atoms. The van der Waals surface area contributed by atoms with Gasteiger partial charge in [-0.15, -0.1) is 0 Å². The van der Waals surface area contributed by atoms with Crippen molar-refractivity contribution in [1.29, 1.82) is 5.41 Å². The molecular formula is C13H14N6. The highest BCUT2D eigenvalue weighted by Gasteiger charge is 2.12. The van der Waals surface area contributed by atoms with Crippen molar-refractivity contribution in [3.63, 3.8) is 0 Å². The molecular weight excluding hydrogens is 240 g/mol. The quantitative estimate of drug-likeness (QED) is 0.802. The minimum absolute atomic E-state index is 0.375. The van der Waals surface area contributed by atoms with E-state index in [1.165, 1.54) is 6.21 Å². The van der Waals surface area contributed by atoms with E-state index in [0.717, 1.165) is 0 Å². The van der Waals surface area contributed by atoms with Crippen LogP contribution in [0.1, 0.15) is 5.69 Å². The first kappa shape index (κ1) is 12.7.